The molecule has 2 amide bonds. The number of likely N-dealkylation sites (tertiary alicyclic amines) is 1. The van der Waals surface area contributed by atoms with Crippen LogP contribution in [-0.2, 0) is 14.3 Å². The number of carbonyl (C=O) groups is 2. The minimum Gasteiger partial charge on any atom is -0.491 e. The fourth-order valence-electron chi connectivity index (χ4n) is 6.01. The molecule has 1 aliphatic heterocycles. The first-order chi connectivity index (χ1) is 21.6. The van der Waals surface area contributed by atoms with Gasteiger partial charge in [-0.05, 0) is 81.2 Å². The number of methoxy groups -OCH3 is 1. The molecule has 45 heavy (non-hydrogen) atoms. The van der Waals surface area contributed by atoms with Gasteiger partial charge in [0.15, 0.2) is 0 Å². The van der Waals surface area contributed by atoms with Crippen molar-refractivity contribution in [3.63, 3.8) is 0 Å². The highest BCUT2D eigenvalue weighted by molar-refractivity contribution is 5.98. The Balaban J connectivity index is 1.52. The minimum atomic E-state index is -0.661. The molecule has 0 bridgehead atoms. The Morgan fingerprint density at radius 3 is 2.38 bits per heavy atom. The first-order valence-electron chi connectivity index (χ1n) is 15.9. The molecular formula is C37H45FN2O5. The molecule has 1 aliphatic carbocycles. The van der Waals surface area contributed by atoms with Crippen molar-refractivity contribution >= 4 is 17.7 Å². The molecule has 1 saturated heterocycles. The van der Waals surface area contributed by atoms with Crippen molar-refractivity contribution in [2.24, 2.45) is 5.92 Å². The Bertz CT molecular complexity index is 1480. The Hall–Kier alpha value is -3.91. The first kappa shape index (κ1) is 32.5. The average Bonchev–Trinajstić information content (AvgIpc) is 3.86. The van der Waals surface area contributed by atoms with Crippen LogP contribution in [0.15, 0.2) is 66.7 Å². The first-order valence-corrected chi connectivity index (χ1v) is 15.9. The number of amides is 2. The summed E-state index contributed by atoms with van der Waals surface area (Å²) in [5.74, 6) is -0.761. The zero-order chi connectivity index (χ0) is 32.1. The van der Waals surface area contributed by atoms with E-state index in [9.17, 15) is 9.59 Å². The van der Waals surface area contributed by atoms with Gasteiger partial charge in [0.05, 0.1) is 18.2 Å². The molecule has 0 unspecified atom stereocenters. The van der Waals surface area contributed by atoms with Crippen LogP contribution in [0.3, 0.4) is 0 Å². The second kappa shape index (κ2) is 14.0. The molecule has 1 saturated carbocycles. The fraction of sp³-hybridized carbons (Fsp3) is 0.459. The normalized spacial score (nSPS) is 18.4. The maximum Gasteiger partial charge on any atom is 0.410 e. The summed E-state index contributed by atoms with van der Waals surface area (Å²) in [6, 6.07) is 21.5. The van der Waals surface area contributed by atoms with E-state index in [1.807, 2.05) is 45.0 Å². The van der Waals surface area contributed by atoms with Crippen LogP contribution in [0, 0.1) is 18.7 Å². The van der Waals surface area contributed by atoms with E-state index < -0.39 is 17.6 Å². The van der Waals surface area contributed by atoms with Crippen molar-refractivity contribution < 1.29 is 28.2 Å². The Morgan fingerprint density at radius 2 is 1.69 bits per heavy atom. The molecule has 5 rings (SSSR count). The van der Waals surface area contributed by atoms with Gasteiger partial charge in [0, 0.05) is 45.3 Å². The van der Waals surface area contributed by atoms with Crippen molar-refractivity contribution in [3.05, 3.63) is 83.7 Å². The molecule has 2 fully saturated rings. The predicted octanol–water partition coefficient (Wildman–Crippen LogP) is 7.75. The number of carbonyl (C=O) groups excluding carboxylic acids is 2. The van der Waals surface area contributed by atoms with Gasteiger partial charge in [0.2, 0.25) is 5.91 Å². The molecule has 2 aliphatic rings. The molecule has 0 aromatic heterocycles. The minimum absolute atomic E-state index is 0.0610. The van der Waals surface area contributed by atoms with Crippen molar-refractivity contribution in [3.8, 4) is 16.9 Å². The number of aryl methyl sites for hydroxylation is 1. The van der Waals surface area contributed by atoms with Crippen LogP contribution < -0.4 is 9.64 Å². The van der Waals surface area contributed by atoms with Crippen LogP contribution in [0.5, 0.6) is 5.75 Å². The molecule has 2 atom stereocenters. The Labute approximate surface area is 266 Å². The topological polar surface area (TPSA) is 68.3 Å². The number of piperidine rings is 1. The summed E-state index contributed by atoms with van der Waals surface area (Å²) in [6.07, 6.45) is 2.46. The molecule has 8 heteroatoms. The maximum absolute atomic E-state index is 15.1. The van der Waals surface area contributed by atoms with Crippen LogP contribution >= 0.6 is 0 Å². The largest absolute Gasteiger partial charge is 0.491 e. The number of benzene rings is 3. The van der Waals surface area contributed by atoms with Gasteiger partial charge >= 0.3 is 6.09 Å². The predicted molar refractivity (Wildman–Crippen MR) is 174 cm³/mol. The fourth-order valence-corrected chi connectivity index (χ4v) is 6.01. The molecule has 3 aromatic rings. The smallest absolute Gasteiger partial charge is 0.410 e. The summed E-state index contributed by atoms with van der Waals surface area (Å²) < 4.78 is 32.2. The maximum atomic E-state index is 15.1. The van der Waals surface area contributed by atoms with Crippen molar-refractivity contribution in [1.29, 1.82) is 0 Å². The van der Waals surface area contributed by atoms with Gasteiger partial charge in [-0.2, -0.15) is 0 Å². The summed E-state index contributed by atoms with van der Waals surface area (Å²) >= 11 is 0. The van der Waals surface area contributed by atoms with Crippen molar-refractivity contribution in [2.45, 2.75) is 70.9 Å². The van der Waals surface area contributed by atoms with E-state index in [1.165, 1.54) is 6.07 Å². The number of halogens is 1. The van der Waals surface area contributed by atoms with Crippen molar-refractivity contribution in [1.82, 2.24) is 4.90 Å². The highest BCUT2D eigenvalue weighted by atomic mass is 19.1. The third kappa shape index (κ3) is 8.03. The zero-order valence-corrected chi connectivity index (χ0v) is 27.1. The highest BCUT2D eigenvalue weighted by Gasteiger charge is 2.44. The second-order valence-corrected chi connectivity index (χ2v) is 13.1. The lowest BCUT2D eigenvalue weighted by Crippen LogP contribution is -2.51. The standard InChI is InChI=1S/C37H45FN2O5/c1-25-21-34(44-20-10-19-43-5)33(23-32(25)38)40(29-15-16-29)35(41)31-24-39(36(42)45-37(2,3)4)18-17-30(31)28-14-9-13-27(22-28)26-11-7-6-8-12-26/h6-9,11-14,21-23,29-31H,10,15-20,24H2,1-5H3/t30-,31+/m1/s1. The molecule has 0 spiro atoms. The molecule has 7 nitrogen and oxygen atoms in total. The van der Waals surface area contributed by atoms with E-state index >= 15 is 4.39 Å². The Morgan fingerprint density at radius 1 is 0.956 bits per heavy atom. The summed E-state index contributed by atoms with van der Waals surface area (Å²) in [6.45, 7) is 8.79. The summed E-state index contributed by atoms with van der Waals surface area (Å²) in [4.78, 5) is 31.5. The number of ether oxygens (including phenoxy) is 3. The van der Waals surface area contributed by atoms with Gasteiger partial charge in [-0.1, -0.05) is 54.6 Å². The molecule has 240 valence electrons. The van der Waals surface area contributed by atoms with Crippen LogP contribution in [0.4, 0.5) is 14.9 Å². The molecule has 3 aromatic carbocycles. The lowest BCUT2D eigenvalue weighted by Gasteiger charge is -2.41. The van der Waals surface area contributed by atoms with E-state index in [0.29, 0.717) is 49.6 Å². The zero-order valence-electron chi connectivity index (χ0n) is 27.1. The molecule has 0 radical (unpaired) electrons. The number of nitrogens with zero attached hydrogens (tertiary/aromatic N) is 2. The van der Waals surface area contributed by atoms with Crippen LogP contribution in [0.2, 0.25) is 0 Å². The van der Waals surface area contributed by atoms with Gasteiger partial charge in [-0.15, -0.1) is 0 Å². The molecular weight excluding hydrogens is 571 g/mol. The van der Waals surface area contributed by atoms with Gasteiger partial charge in [0.1, 0.15) is 17.2 Å². The average molecular weight is 617 g/mol. The van der Waals surface area contributed by atoms with E-state index in [2.05, 4.69) is 30.3 Å². The van der Waals surface area contributed by atoms with E-state index in [1.54, 1.807) is 29.9 Å². The third-order valence-corrected chi connectivity index (χ3v) is 8.40. The summed E-state index contributed by atoms with van der Waals surface area (Å²) in [5, 5.41) is 0. The number of anilines is 1. The third-order valence-electron chi connectivity index (χ3n) is 8.40. The monoisotopic (exact) mass is 616 g/mol. The SMILES string of the molecule is COCCCOc1cc(C)c(F)cc1N(C(=O)[C@H]1CN(C(=O)OC(C)(C)C)CC[C@@H]1c1cccc(-c2ccccc2)c1)C1CC1. The van der Waals surface area contributed by atoms with Crippen molar-refractivity contribution in [2.75, 3.05) is 38.3 Å². The van der Waals surface area contributed by atoms with Gasteiger partial charge in [-0.25, -0.2) is 9.18 Å². The second-order valence-electron chi connectivity index (χ2n) is 13.1. The van der Waals surface area contributed by atoms with E-state index in [-0.39, 0.29) is 30.2 Å². The molecule has 1 heterocycles. The van der Waals surface area contributed by atoms with Crippen LogP contribution in [0.1, 0.15) is 63.5 Å². The van der Waals surface area contributed by atoms with Gasteiger partial charge < -0.3 is 24.0 Å². The summed E-state index contributed by atoms with van der Waals surface area (Å²) in [5.41, 5.74) is 3.44. The van der Waals surface area contributed by atoms with E-state index in [0.717, 1.165) is 29.5 Å². The Kier molecular flexibility index (Phi) is 10.1. The van der Waals surface area contributed by atoms with Crippen LogP contribution in [-0.4, -0.2) is 62.0 Å². The van der Waals surface area contributed by atoms with Crippen LogP contribution in [0.25, 0.3) is 11.1 Å². The lowest BCUT2D eigenvalue weighted by atomic mass is 9.78. The van der Waals surface area contributed by atoms with E-state index in [4.69, 9.17) is 14.2 Å². The molecule has 0 N–H and O–H groups in total. The summed E-state index contributed by atoms with van der Waals surface area (Å²) in [7, 11) is 1.64. The quantitative estimate of drug-likeness (QED) is 0.218. The highest BCUT2D eigenvalue weighted by Crippen LogP contribution is 2.43. The lowest BCUT2D eigenvalue weighted by molar-refractivity contribution is -0.124. The van der Waals surface area contributed by atoms with Gasteiger partial charge in [-0.3, -0.25) is 4.79 Å². The van der Waals surface area contributed by atoms with Gasteiger partial charge in [0.25, 0.3) is 0 Å². The number of hydrogen-bond acceptors (Lipinski definition) is 5. The number of rotatable bonds is 10. The number of hydrogen-bond donors (Lipinski definition) is 0.